The zero-order valence-corrected chi connectivity index (χ0v) is 20.0. The van der Waals surface area contributed by atoms with Gasteiger partial charge in [-0.2, -0.15) is 19.6 Å². The first-order valence-corrected chi connectivity index (χ1v) is 12.3. The van der Waals surface area contributed by atoms with Crippen LogP contribution >= 0.6 is 0 Å². The Morgan fingerprint density at radius 3 is 2.79 bits per heavy atom. The third kappa shape index (κ3) is 4.84. The maximum atomic E-state index is 12.1. The number of ether oxygens (including phenoxy) is 1. The fourth-order valence-electron chi connectivity index (χ4n) is 4.65. The Balaban J connectivity index is 1.40. The average molecular weight is 464 g/mol. The molecule has 1 aromatic carbocycles. The minimum absolute atomic E-state index is 0.0631. The van der Waals surface area contributed by atoms with Crippen molar-refractivity contribution >= 4 is 17.5 Å². The molecule has 4 heterocycles. The molecule has 2 fully saturated rings. The number of piperidine rings is 1. The summed E-state index contributed by atoms with van der Waals surface area (Å²) in [6.07, 6.45) is 5.58. The fourth-order valence-corrected chi connectivity index (χ4v) is 4.65. The largest absolute Gasteiger partial charge is 0.459 e. The van der Waals surface area contributed by atoms with Crippen molar-refractivity contribution in [2.75, 3.05) is 25.0 Å². The molecule has 0 radical (unpaired) electrons. The number of hydrogen-bond donors (Lipinski definition) is 2. The number of carbonyl (C=O) groups is 1. The number of nitrogens with zero attached hydrogens (tertiary/aromatic N) is 5. The van der Waals surface area contributed by atoms with Gasteiger partial charge in [-0.1, -0.05) is 38.1 Å². The van der Waals surface area contributed by atoms with E-state index in [-0.39, 0.29) is 17.9 Å². The molecule has 2 aromatic heterocycles. The van der Waals surface area contributed by atoms with Crippen molar-refractivity contribution in [3.05, 3.63) is 47.2 Å². The lowest BCUT2D eigenvalue weighted by atomic mass is 10.1. The van der Waals surface area contributed by atoms with Crippen LogP contribution in [-0.2, 0) is 17.9 Å². The zero-order chi connectivity index (χ0) is 23.5. The Labute approximate surface area is 199 Å². The molecule has 0 aliphatic carbocycles. The van der Waals surface area contributed by atoms with Gasteiger partial charge < -0.3 is 20.3 Å². The van der Waals surface area contributed by atoms with E-state index in [4.69, 9.17) is 14.7 Å². The molecule has 9 heteroatoms. The SMILES string of the molecule is CC(C)c1cnn2c(NCc3ccccc3CN3CCCC3=O)nc(OC3CCCNC3)nc12. The normalized spacial score (nSPS) is 18.7. The van der Waals surface area contributed by atoms with Crippen LogP contribution in [0.1, 0.15) is 62.1 Å². The number of aromatic nitrogens is 4. The van der Waals surface area contributed by atoms with Gasteiger partial charge in [0.25, 0.3) is 0 Å². The van der Waals surface area contributed by atoms with Gasteiger partial charge in [0.15, 0.2) is 5.65 Å². The van der Waals surface area contributed by atoms with Crippen molar-refractivity contribution in [3.63, 3.8) is 0 Å². The van der Waals surface area contributed by atoms with Crippen molar-refractivity contribution < 1.29 is 9.53 Å². The Hall–Kier alpha value is -3.20. The summed E-state index contributed by atoms with van der Waals surface area (Å²) in [6, 6.07) is 8.61. The number of fused-ring (bicyclic) bond motifs is 1. The predicted octanol–water partition coefficient (Wildman–Crippen LogP) is 3.11. The molecular formula is C25H33N7O2. The van der Waals surface area contributed by atoms with E-state index < -0.39 is 0 Å². The van der Waals surface area contributed by atoms with E-state index in [2.05, 4.69) is 41.7 Å². The van der Waals surface area contributed by atoms with Crippen LogP contribution < -0.4 is 15.4 Å². The van der Waals surface area contributed by atoms with Gasteiger partial charge in [0.05, 0.1) is 6.20 Å². The van der Waals surface area contributed by atoms with Crippen LogP contribution in [0, 0.1) is 0 Å². The molecule has 9 nitrogen and oxygen atoms in total. The van der Waals surface area contributed by atoms with Gasteiger partial charge in [0.1, 0.15) is 6.10 Å². The van der Waals surface area contributed by atoms with Crippen LogP contribution in [0.3, 0.4) is 0 Å². The van der Waals surface area contributed by atoms with Gasteiger partial charge in [-0.15, -0.1) is 0 Å². The molecule has 2 N–H and O–H groups in total. The molecule has 2 aliphatic rings. The predicted molar refractivity (Wildman–Crippen MR) is 130 cm³/mol. The lowest BCUT2D eigenvalue weighted by molar-refractivity contribution is -0.128. The minimum atomic E-state index is 0.0631. The molecule has 1 amide bonds. The number of nitrogens with one attached hydrogen (secondary N) is 2. The second-order valence-corrected chi connectivity index (χ2v) is 9.45. The van der Waals surface area contributed by atoms with E-state index in [9.17, 15) is 4.79 Å². The average Bonchev–Trinajstić information content (AvgIpc) is 3.45. The van der Waals surface area contributed by atoms with E-state index in [1.807, 2.05) is 23.2 Å². The molecule has 2 aliphatic heterocycles. The number of benzene rings is 1. The number of amides is 1. The smallest absolute Gasteiger partial charge is 0.322 e. The first-order valence-electron chi connectivity index (χ1n) is 12.3. The Bertz CT molecular complexity index is 1150. The first kappa shape index (κ1) is 22.6. The molecule has 5 rings (SSSR count). The van der Waals surface area contributed by atoms with E-state index in [1.165, 1.54) is 0 Å². The molecule has 1 unspecified atom stereocenters. The molecule has 34 heavy (non-hydrogen) atoms. The van der Waals surface area contributed by atoms with Crippen LogP contribution in [-0.4, -0.2) is 56.1 Å². The van der Waals surface area contributed by atoms with Gasteiger partial charge in [0.2, 0.25) is 11.9 Å². The number of hydrogen-bond acceptors (Lipinski definition) is 7. The third-order valence-corrected chi connectivity index (χ3v) is 6.61. The van der Waals surface area contributed by atoms with Gasteiger partial charge in [-0.05, 0) is 42.9 Å². The molecule has 0 bridgehead atoms. The number of likely N-dealkylation sites (tertiary alicyclic amines) is 1. The first-order chi connectivity index (χ1) is 16.6. The van der Waals surface area contributed by atoms with Gasteiger partial charge in [-0.3, -0.25) is 4.79 Å². The standard InChI is InChI=1S/C25H33N7O2/c1-17(2)21-15-28-32-23(21)29-25(34-20-9-5-11-26-14-20)30-24(32)27-13-18-7-3-4-8-19(18)16-31-12-6-10-22(31)33/h3-4,7-8,15,17,20,26H,5-6,9-14,16H2,1-2H3,(H,27,29,30). The van der Waals surface area contributed by atoms with E-state index >= 15 is 0 Å². The van der Waals surface area contributed by atoms with Crippen LogP contribution in [0.2, 0.25) is 0 Å². The van der Waals surface area contributed by atoms with Crippen molar-refractivity contribution in [2.45, 2.75) is 64.6 Å². The summed E-state index contributed by atoms with van der Waals surface area (Å²) in [4.78, 5) is 23.5. The summed E-state index contributed by atoms with van der Waals surface area (Å²) in [5, 5.41) is 11.4. The summed E-state index contributed by atoms with van der Waals surface area (Å²) < 4.78 is 7.93. The van der Waals surface area contributed by atoms with Crippen molar-refractivity contribution in [2.24, 2.45) is 0 Å². The molecule has 1 atom stereocenters. The lowest BCUT2D eigenvalue weighted by Gasteiger charge is -2.23. The van der Waals surface area contributed by atoms with Gasteiger partial charge in [-0.25, -0.2) is 0 Å². The second-order valence-electron chi connectivity index (χ2n) is 9.45. The molecule has 0 spiro atoms. The number of anilines is 1. The topological polar surface area (TPSA) is 96.7 Å². The van der Waals surface area contributed by atoms with Crippen molar-refractivity contribution in [3.8, 4) is 6.01 Å². The van der Waals surface area contributed by atoms with Gasteiger partial charge in [0, 0.05) is 38.2 Å². The minimum Gasteiger partial charge on any atom is -0.459 e. The van der Waals surface area contributed by atoms with E-state index in [1.54, 1.807) is 4.52 Å². The summed E-state index contributed by atoms with van der Waals surface area (Å²) >= 11 is 0. The van der Waals surface area contributed by atoms with Crippen molar-refractivity contribution in [1.82, 2.24) is 29.8 Å². The zero-order valence-electron chi connectivity index (χ0n) is 20.0. The fraction of sp³-hybridized carbons (Fsp3) is 0.520. The lowest BCUT2D eigenvalue weighted by Crippen LogP contribution is -2.37. The third-order valence-electron chi connectivity index (χ3n) is 6.61. The van der Waals surface area contributed by atoms with Gasteiger partial charge >= 0.3 is 6.01 Å². The second kappa shape index (κ2) is 9.97. The maximum absolute atomic E-state index is 12.1. The van der Waals surface area contributed by atoms with Crippen LogP contribution in [0.15, 0.2) is 30.5 Å². The highest BCUT2D eigenvalue weighted by molar-refractivity contribution is 5.78. The summed E-state index contributed by atoms with van der Waals surface area (Å²) in [5.41, 5.74) is 4.10. The highest BCUT2D eigenvalue weighted by Crippen LogP contribution is 2.24. The Morgan fingerprint density at radius 2 is 2.06 bits per heavy atom. The highest BCUT2D eigenvalue weighted by atomic mass is 16.5. The maximum Gasteiger partial charge on any atom is 0.322 e. The summed E-state index contributed by atoms with van der Waals surface area (Å²) in [6.45, 7) is 8.12. The number of rotatable bonds is 8. The Kier molecular flexibility index (Phi) is 6.62. The van der Waals surface area contributed by atoms with Crippen LogP contribution in [0.4, 0.5) is 5.95 Å². The van der Waals surface area contributed by atoms with E-state index in [0.29, 0.717) is 31.5 Å². The summed E-state index contributed by atoms with van der Waals surface area (Å²) in [5.74, 6) is 1.11. The highest BCUT2D eigenvalue weighted by Gasteiger charge is 2.22. The quantitative estimate of drug-likeness (QED) is 0.530. The molecule has 3 aromatic rings. The van der Waals surface area contributed by atoms with E-state index in [0.717, 1.165) is 61.2 Å². The number of carbonyl (C=O) groups excluding carboxylic acids is 1. The molecule has 180 valence electrons. The van der Waals surface area contributed by atoms with Crippen LogP contribution in [0.5, 0.6) is 6.01 Å². The molecular weight excluding hydrogens is 430 g/mol. The molecule has 2 saturated heterocycles. The van der Waals surface area contributed by atoms with Crippen molar-refractivity contribution in [1.29, 1.82) is 0 Å². The van der Waals surface area contributed by atoms with Crippen LogP contribution in [0.25, 0.3) is 5.65 Å². The summed E-state index contributed by atoms with van der Waals surface area (Å²) in [7, 11) is 0. The Morgan fingerprint density at radius 1 is 1.21 bits per heavy atom. The molecule has 0 saturated carbocycles. The monoisotopic (exact) mass is 463 g/mol.